The predicted octanol–water partition coefficient (Wildman–Crippen LogP) is 3.79. The standard InChI is InChI=1S/C23H46N2O4.Na.H/c1-4-7-8-9-10-11-12-13-14-15-18-29-23(27)21(24)20-22(26)28-19-16-17-25(5-2)6-3;;/h21H,4-20,24H2,1-3H3;;. The van der Waals surface area contributed by atoms with Crippen molar-refractivity contribution in [3.05, 3.63) is 0 Å². The minimum absolute atomic E-state index is 0. The topological polar surface area (TPSA) is 81.9 Å². The van der Waals surface area contributed by atoms with E-state index in [1.165, 1.54) is 51.4 Å². The summed E-state index contributed by atoms with van der Waals surface area (Å²) in [4.78, 5) is 25.9. The third-order valence-corrected chi connectivity index (χ3v) is 5.21. The molecule has 0 rings (SSSR count). The van der Waals surface area contributed by atoms with Gasteiger partial charge in [-0.05, 0) is 25.9 Å². The number of rotatable bonds is 20. The molecule has 0 aliphatic heterocycles. The fourth-order valence-electron chi connectivity index (χ4n) is 3.21. The van der Waals surface area contributed by atoms with Crippen LogP contribution in [-0.2, 0) is 19.1 Å². The van der Waals surface area contributed by atoms with Gasteiger partial charge in [-0.2, -0.15) is 0 Å². The molecule has 0 fully saturated rings. The average Bonchev–Trinajstić information content (AvgIpc) is 2.71. The molecule has 6 nitrogen and oxygen atoms in total. The van der Waals surface area contributed by atoms with Crippen molar-refractivity contribution >= 4 is 41.5 Å². The first-order valence-corrected chi connectivity index (χ1v) is 11.8. The van der Waals surface area contributed by atoms with Crippen molar-refractivity contribution in [1.82, 2.24) is 4.90 Å². The van der Waals surface area contributed by atoms with Crippen molar-refractivity contribution in [2.24, 2.45) is 5.73 Å². The van der Waals surface area contributed by atoms with Gasteiger partial charge in [-0.1, -0.05) is 78.6 Å². The van der Waals surface area contributed by atoms with Crippen molar-refractivity contribution in [3.8, 4) is 0 Å². The van der Waals surface area contributed by atoms with Crippen LogP contribution in [0.1, 0.15) is 97.8 Å². The van der Waals surface area contributed by atoms with E-state index >= 15 is 0 Å². The Labute approximate surface area is 207 Å². The molecule has 7 heteroatoms. The molecule has 30 heavy (non-hydrogen) atoms. The van der Waals surface area contributed by atoms with Crippen molar-refractivity contribution < 1.29 is 19.1 Å². The number of carbonyl (C=O) groups is 2. The Morgan fingerprint density at radius 1 is 0.767 bits per heavy atom. The van der Waals surface area contributed by atoms with Gasteiger partial charge < -0.3 is 20.1 Å². The number of ether oxygens (including phenoxy) is 2. The zero-order valence-corrected chi connectivity index (χ0v) is 19.3. The van der Waals surface area contributed by atoms with Gasteiger partial charge in [0.1, 0.15) is 6.04 Å². The van der Waals surface area contributed by atoms with Gasteiger partial charge >= 0.3 is 41.5 Å². The van der Waals surface area contributed by atoms with E-state index in [4.69, 9.17) is 15.2 Å². The molecule has 0 aromatic heterocycles. The average molecular weight is 439 g/mol. The molecule has 0 bridgehead atoms. The van der Waals surface area contributed by atoms with Gasteiger partial charge in [0, 0.05) is 6.54 Å². The van der Waals surface area contributed by atoms with E-state index in [2.05, 4.69) is 25.7 Å². The number of nitrogens with zero attached hydrogens (tertiary/aromatic N) is 1. The molecule has 0 radical (unpaired) electrons. The number of hydrogen-bond donors (Lipinski definition) is 1. The fraction of sp³-hybridized carbons (Fsp3) is 0.913. The van der Waals surface area contributed by atoms with Crippen molar-refractivity contribution in [1.29, 1.82) is 0 Å². The summed E-state index contributed by atoms with van der Waals surface area (Å²) in [5.74, 6) is -0.950. The Bertz CT molecular complexity index is 407. The molecule has 174 valence electrons. The van der Waals surface area contributed by atoms with Gasteiger partial charge in [-0.25, -0.2) is 0 Å². The summed E-state index contributed by atoms with van der Waals surface area (Å²) in [5, 5.41) is 0. The van der Waals surface area contributed by atoms with Gasteiger partial charge in [-0.3, -0.25) is 9.59 Å². The van der Waals surface area contributed by atoms with Gasteiger partial charge in [0.25, 0.3) is 0 Å². The predicted molar refractivity (Wildman–Crippen MR) is 126 cm³/mol. The van der Waals surface area contributed by atoms with Crippen LogP contribution in [0.15, 0.2) is 0 Å². The summed E-state index contributed by atoms with van der Waals surface area (Å²) in [5.41, 5.74) is 5.76. The summed E-state index contributed by atoms with van der Waals surface area (Å²) in [6, 6.07) is -0.937. The molecule has 0 heterocycles. The summed E-state index contributed by atoms with van der Waals surface area (Å²) in [6.45, 7) is 10.1. The van der Waals surface area contributed by atoms with Gasteiger partial charge in [0.05, 0.1) is 19.6 Å². The number of esters is 2. The quantitative estimate of drug-likeness (QED) is 0.177. The molecule has 0 saturated heterocycles. The van der Waals surface area contributed by atoms with Crippen LogP contribution >= 0.6 is 0 Å². The van der Waals surface area contributed by atoms with Gasteiger partial charge in [0.15, 0.2) is 0 Å². The van der Waals surface area contributed by atoms with Crippen LogP contribution in [0, 0.1) is 0 Å². The van der Waals surface area contributed by atoms with Crippen LogP contribution in [-0.4, -0.2) is 85.3 Å². The van der Waals surface area contributed by atoms with Gasteiger partial charge in [-0.15, -0.1) is 0 Å². The van der Waals surface area contributed by atoms with Crippen molar-refractivity contribution in [3.63, 3.8) is 0 Å². The second kappa shape index (κ2) is 23.5. The number of hydrogen-bond acceptors (Lipinski definition) is 6. The third kappa shape index (κ3) is 19.8. The molecule has 0 aliphatic rings. The van der Waals surface area contributed by atoms with Crippen LogP contribution in [0.5, 0.6) is 0 Å². The molecule has 0 aromatic rings. The molecule has 1 atom stereocenters. The molecular formula is C23H47N2NaO4. The van der Waals surface area contributed by atoms with Crippen LogP contribution in [0.2, 0.25) is 0 Å². The second-order valence-electron chi connectivity index (χ2n) is 7.76. The Kier molecular flexibility index (Phi) is 25.1. The van der Waals surface area contributed by atoms with E-state index in [-0.39, 0.29) is 36.0 Å². The maximum atomic E-state index is 11.9. The molecule has 0 aliphatic carbocycles. The molecule has 1 unspecified atom stereocenters. The van der Waals surface area contributed by atoms with E-state index in [9.17, 15) is 9.59 Å². The summed E-state index contributed by atoms with van der Waals surface area (Å²) in [6.07, 6.45) is 13.0. The van der Waals surface area contributed by atoms with E-state index in [0.717, 1.165) is 38.9 Å². The molecule has 0 spiro atoms. The summed E-state index contributed by atoms with van der Waals surface area (Å²) >= 11 is 0. The van der Waals surface area contributed by atoms with Crippen molar-refractivity contribution in [2.45, 2.75) is 104 Å². The number of nitrogens with two attached hydrogens (primary N) is 1. The first kappa shape index (κ1) is 32.0. The third-order valence-electron chi connectivity index (χ3n) is 5.21. The summed E-state index contributed by atoms with van der Waals surface area (Å²) in [7, 11) is 0. The molecule has 0 aromatic carbocycles. The zero-order valence-electron chi connectivity index (χ0n) is 19.3. The first-order chi connectivity index (χ1) is 14.0. The van der Waals surface area contributed by atoms with E-state index in [0.29, 0.717) is 13.2 Å². The maximum absolute atomic E-state index is 11.9. The Hall–Kier alpha value is -0.140. The fourth-order valence-corrected chi connectivity index (χ4v) is 3.21. The van der Waals surface area contributed by atoms with Crippen LogP contribution in [0.4, 0.5) is 0 Å². The second-order valence-corrected chi connectivity index (χ2v) is 7.76. The molecule has 0 amide bonds. The SMILES string of the molecule is CCCCCCCCCCCCOC(=O)C(N)CC(=O)OCCCN(CC)CC.[NaH]. The van der Waals surface area contributed by atoms with Gasteiger partial charge in [0.2, 0.25) is 0 Å². The Balaban J connectivity index is 0. The minimum atomic E-state index is -0.937. The van der Waals surface area contributed by atoms with Crippen molar-refractivity contribution in [2.75, 3.05) is 32.8 Å². The Morgan fingerprint density at radius 3 is 1.80 bits per heavy atom. The van der Waals surface area contributed by atoms with Crippen LogP contribution < -0.4 is 5.73 Å². The Morgan fingerprint density at radius 2 is 1.27 bits per heavy atom. The molecule has 0 saturated carbocycles. The van der Waals surface area contributed by atoms with E-state index in [1.807, 2.05) is 0 Å². The first-order valence-electron chi connectivity index (χ1n) is 11.8. The molecule has 2 N–H and O–H groups in total. The van der Waals surface area contributed by atoms with Crippen LogP contribution in [0.3, 0.4) is 0 Å². The van der Waals surface area contributed by atoms with Crippen LogP contribution in [0.25, 0.3) is 0 Å². The zero-order chi connectivity index (χ0) is 21.7. The number of unbranched alkanes of at least 4 members (excludes halogenated alkanes) is 9. The summed E-state index contributed by atoms with van der Waals surface area (Å²) < 4.78 is 10.3. The molecular weight excluding hydrogens is 391 g/mol. The normalized spacial score (nSPS) is 11.8. The number of carbonyl (C=O) groups excluding carboxylic acids is 2. The monoisotopic (exact) mass is 438 g/mol. The van der Waals surface area contributed by atoms with E-state index in [1.54, 1.807) is 0 Å². The van der Waals surface area contributed by atoms with E-state index < -0.39 is 18.0 Å².